The number of ether oxygens (including phenoxy) is 1. The Labute approximate surface area is 75.8 Å². The van der Waals surface area contributed by atoms with Crippen molar-refractivity contribution < 1.29 is 9.53 Å². The van der Waals surface area contributed by atoms with Crippen molar-refractivity contribution in [1.82, 2.24) is 4.90 Å². The Hall–Kier alpha value is -0.640. The van der Waals surface area contributed by atoms with Crippen molar-refractivity contribution >= 4 is 17.7 Å². The van der Waals surface area contributed by atoms with Crippen LogP contribution in [0.15, 0.2) is 11.2 Å². The van der Waals surface area contributed by atoms with Crippen LogP contribution in [-0.2, 0) is 9.53 Å². The average molecular weight is 185 g/mol. The molecule has 0 N–H and O–H groups in total. The van der Waals surface area contributed by atoms with Crippen LogP contribution in [0.25, 0.3) is 0 Å². The number of fused-ring (bicyclic) bond motifs is 1. The minimum atomic E-state index is 0.271. The van der Waals surface area contributed by atoms with E-state index in [1.807, 2.05) is 11.8 Å². The highest BCUT2D eigenvalue weighted by Gasteiger charge is 2.42. The smallest absolute Gasteiger partial charge is 0.226 e. The first kappa shape index (κ1) is 7.98. The number of thioether (sulfide) groups is 1. The van der Waals surface area contributed by atoms with Crippen LogP contribution in [0.5, 0.6) is 0 Å². The summed E-state index contributed by atoms with van der Waals surface area (Å²) in [6.45, 7) is 3.41. The van der Waals surface area contributed by atoms with Gasteiger partial charge in [-0.15, -0.1) is 0 Å². The summed E-state index contributed by atoms with van der Waals surface area (Å²) in [5, 5.41) is 0.407. The van der Waals surface area contributed by atoms with Gasteiger partial charge in [0.15, 0.2) is 0 Å². The van der Waals surface area contributed by atoms with Gasteiger partial charge in [-0.3, -0.25) is 4.79 Å². The third-order valence-corrected chi connectivity index (χ3v) is 3.23. The minimum absolute atomic E-state index is 0.271. The number of carbonyl (C=O) groups is 1. The Kier molecular flexibility index (Phi) is 2.00. The van der Waals surface area contributed by atoms with Crippen molar-refractivity contribution in [3.8, 4) is 0 Å². The van der Waals surface area contributed by atoms with Gasteiger partial charge < -0.3 is 9.64 Å². The van der Waals surface area contributed by atoms with Gasteiger partial charge in [-0.05, 0) is 6.92 Å². The van der Waals surface area contributed by atoms with E-state index in [4.69, 9.17) is 4.74 Å². The zero-order valence-corrected chi connectivity index (χ0v) is 7.76. The molecule has 0 bridgehead atoms. The van der Waals surface area contributed by atoms with Crippen molar-refractivity contribution in [2.75, 3.05) is 13.2 Å². The number of hydrogen-bond acceptors (Lipinski definition) is 3. The molecule has 4 heteroatoms. The fourth-order valence-corrected chi connectivity index (χ4v) is 2.57. The van der Waals surface area contributed by atoms with E-state index in [1.165, 1.54) is 4.91 Å². The first-order valence-corrected chi connectivity index (χ1v) is 4.96. The van der Waals surface area contributed by atoms with E-state index in [9.17, 15) is 4.79 Å². The highest BCUT2D eigenvalue weighted by molar-refractivity contribution is 8.04. The summed E-state index contributed by atoms with van der Waals surface area (Å²) in [6.07, 6.45) is 2.48. The van der Waals surface area contributed by atoms with Gasteiger partial charge >= 0.3 is 0 Å². The largest absolute Gasteiger partial charge is 0.501 e. The molecular weight excluding hydrogens is 174 g/mol. The van der Waals surface area contributed by atoms with E-state index >= 15 is 0 Å². The number of nitrogens with zero attached hydrogens (tertiary/aromatic N) is 1. The third-order valence-electron chi connectivity index (χ3n) is 2.01. The standard InChI is InChI=1S/C8H11NO2S/c1-2-11-5-6-4-9-7(10)3-8(9)12-6/h5,8H,2-4H2,1H3/t8-/m1/s1. The SMILES string of the molecule is CCOC=C1CN2C(=O)C[C@H]2S1. The van der Waals surface area contributed by atoms with Gasteiger partial charge in [0.2, 0.25) is 5.91 Å². The van der Waals surface area contributed by atoms with E-state index in [0.717, 1.165) is 6.54 Å². The van der Waals surface area contributed by atoms with Crippen molar-refractivity contribution in [2.24, 2.45) is 0 Å². The van der Waals surface area contributed by atoms with Gasteiger partial charge in [-0.25, -0.2) is 0 Å². The Morgan fingerprint density at radius 3 is 3.25 bits per heavy atom. The molecule has 2 rings (SSSR count). The molecule has 66 valence electrons. The summed E-state index contributed by atoms with van der Waals surface area (Å²) >= 11 is 1.75. The number of carbonyl (C=O) groups excluding carboxylic acids is 1. The van der Waals surface area contributed by atoms with Gasteiger partial charge in [0.05, 0.1) is 31.2 Å². The Morgan fingerprint density at radius 2 is 2.67 bits per heavy atom. The molecular formula is C8H11NO2S. The summed E-state index contributed by atoms with van der Waals surface area (Å²) in [5.41, 5.74) is 0. The maximum Gasteiger partial charge on any atom is 0.226 e. The van der Waals surface area contributed by atoms with Crippen LogP contribution >= 0.6 is 11.8 Å². The molecule has 2 heterocycles. The van der Waals surface area contributed by atoms with Crippen molar-refractivity contribution in [3.63, 3.8) is 0 Å². The second-order valence-electron chi connectivity index (χ2n) is 2.84. The van der Waals surface area contributed by atoms with Gasteiger partial charge in [0.25, 0.3) is 0 Å². The molecule has 1 atom stereocenters. The molecule has 0 aromatic heterocycles. The van der Waals surface area contributed by atoms with E-state index in [0.29, 0.717) is 18.4 Å². The topological polar surface area (TPSA) is 29.5 Å². The van der Waals surface area contributed by atoms with Crippen LogP contribution in [0.4, 0.5) is 0 Å². The lowest BCUT2D eigenvalue weighted by Gasteiger charge is -2.32. The molecule has 2 aliphatic heterocycles. The molecule has 0 unspecified atom stereocenters. The average Bonchev–Trinajstić information content (AvgIpc) is 2.39. The van der Waals surface area contributed by atoms with Crippen LogP contribution in [0, 0.1) is 0 Å². The Morgan fingerprint density at radius 1 is 1.83 bits per heavy atom. The molecule has 0 aliphatic carbocycles. The molecule has 1 amide bonds. The number of rotatable bonds is 2. The van der Waals surface area contributed by atoms with E-state index < -0.39 is 0 Å². The second kappa shape index (κ2) is 3.01. The summed E-state index contributed by atoms with van der Waals surface area (Å²) in [5.74, 6) is 0.271. The molecule has 0 spiro atoms. The highest BCUT2D eigenvalue weighted by atomic mass is 32.2. The fraction of sp³-hybridized carbons (Fsp3) is 0.625. The third kappa shape index (κ3) is 1.20. The molecule has 3 nitrogen and oxygen atoms in total. The Balaban J connectivity index is 1.94. The molecule has 0 radical (unpaired) electrons. The van der Waals surface area contributed by atoms with Crippen molar-refractivity contribution in [1.29, 1.82) is 0 Å². The summed E-state index contributed by atoms with van der Waals surface area (Å²) in [7, 11) is 0. The normalized spacial score (nSPS) is 30.4. The predicted octanol–water partition coefficient (Wildman–Crippen LogP) is 1.17. The summed E-state index contributed by atoms with van der Waals surface area (Å²) in [6, 6.07) is 0. The van der Waals surface area contributed by atoms with Crippen LogP contribution in [0.2, 0.25) is 0 Å². The monoisotopic (exact) mass is 185 g/mol. The van der Waals surface area contributed by atoms with Crippen molar-refractivity contribution in [2.45, 2.75) is 18.7 Å². The zero-order chi connectivity index (χ0) is 8.55. The number of amides is 1. The van der Waals surface area contributed by atoms with Crippen LogP contribution in [-0.4, -0.2) is 29.3 Å². The minimum Gasteiger partial charge on any atom is -0.501 e. The van der Waals surface area contributed by atoms with Crippen LogP contribution in [0.3, 0.4) is 0 Å². The lowest BCUT2D eigenvalue weighted by molar-refractivity contribution is -0.140. The van der Waals surface area contributed by atoms with Crippen LogP contribution in [0.1, 0.15) is 13.3 Å². The van der Waals surface area contributed by atoms with Gasteiger partial charge in [0, 0.05) is 4.91 Å². The molecule has 2 fully saturated rings. The van der Waals surface area contributed by atoms with Gasteiger partial charge in [0.1, 0.15) is 0 Å². The van der Waals surface area contributed by atoms with E-state index in [2.05, 4.69) is 0 Å². The van der Waals surface area contributed by atoms with Crippen molar-refractivity contribution in [3.05, 3.63) is 11.2 Å². The fourth-order valence-electron chi connectivity index (χ4n) is 1.34. The summed E-state index contributed by atoms with van der Waals surface area (Å²) in [4.78, 5) is 14.0. The van der Waals surface area contributed by atoms with Crippen LogP contribution < -0.4 is 0 Å². The molecule has 12 heavy (non-hydrogen) atoms. The van der Waals surface area contributed by atoms with E-state index in [-0.39, 0.29) is 5.91 Å². The molecule has 2 aliphatic rings. The first-order valence-electron chi connectivity index (χ1n) is 4.08. The maximum atomic E-state index is 11.0. The van der Waals surface area contributed by atoms with E-state index in [1.54, 1.807) is 18.0 Å². The Bertz CT molecular complexity index is 239. The van der Waals surface area contributed by atoms with Gasteiger partial charge in [-0.2, -0.15) is 0 Å². The predicted molar refractivity (Wildman–Crippen MR) is 47.4 cm³/mol. The maximum absolute atomic E-state index is 11.0. The molecule has 0 aromatic carbocycles. The van der Waals surface area contributed by atoms with Gasteiger partial charge in [-0.1, -0.05) is 11.8 Å². The second-order valence-corrected chi connectivity index (χ2v) is 4.14. The highest BCUT2D eigenvalue weighted by Crippen LogP contribution is 2.41. The zero-order valence-electron chi connectivity index (χ0n) is 6.95. The number of hydrogen-bond donors (Lipinski definition) is 0. The summed E-state index contributed by atoms with van der Waals surface area (Å²) < 4.78 is 5.16. The number of β-lactam (4-membered cyclic amide) rings is 1. The molecule has 2 saturated heterocycles. The lowest BCUT2D eigenvalue weighted by Crippen LogP contribution is -2.46. The molecule has 0 saturated carbocycles. The molecule has 0 aromatic rings. The first-order chi connectivity index (χ1) is 5.81. The lowest BCUT2D eigenvalue weighted by atomic mass is 10.2. The quantitative estimate of drug-likeness (QED) is 0.478.